The monoisotopic (exact) mass is 227 g/mol. The van der Waals surface area contributed by atoms with Gasteiger partial charge in [-0.1, -0.05) is 0 Å². The molecule has 1 aromatic carbocycles. The number of hydrogen-bond donors (Lipinski definition) is 1. The first-order valence-electron chi connectivity index (χ1n) is 3.84. The van der Waals surface area contributed by atoms with Crippen LogP contribution < -0.4 is 0 Å². The summed E-state index contributed by atoms with van der Waals surface area (Å²) in [6, 6.07) is 2.60. The minimum absolute atomic E-state index is 0.140. The Hall–Kier alpha value is -2.71. The zero-order valence-electron chi connectivity index (χ0n) is 7.64. The summed E-state index contributed by atoms with van der Waals surface area (Å²) < 4.78 is 0. The van der Waals surface area contributed by atoms with Crippen molar-refractivity contribution in [2.24, 2.45) is 0 Å². The van der Waals surface area contributed by atoms with Crippen molar-refractivity contribution in [2.75, 3.05) is 0 Å². The van der Waals surface area contributed by atoms with E-state index >= 15 is 0 Å². The van der Waals surface area contributed by atoms with Crippen LogP contribution in [0.5, 0.6) is 0 Å². The highest BCUT2D eigenvalue weighted by Crippen LogP contribution is 2.21. The van der Waals surface area contributed by atoms with E-state index in [4.69, 9.17) is 5.21 Å². The van der Waals surface area contributed by atoms with Crippen LogP contribution in [-0.2, 0) is 0 Å². The lowest BCUT2D eigenvalue weighted by molar-refractivity contribution is -0.722. The zero-order chi connectivity index (χ0) is 12.3. The van der Waals surface area contributed by atoms with E-state index in [1.54, 1.807) is 0 Å². The van der Waals surface area contributed by atoms with Gasteiger partial charge in [0.05, 0.1) is 21.5 Å². The first kappa shape index (κ1) is 11.4. The van der Waals surface area contributed by atoms with Gasteiger partial charge in [0.25, 0.3) is 11.4 Å². The predicted octanol–water partition coefficient (Wildman–Crippen LogP) is 0.821. The highest BCUT2D eigenvalue weighted by molar-refractivity contribution is 5.78. The zero-order valence-corrected chi connectivity index (χ0v) is 7.64. The van der Waals surface area contributed by atoms with Crippen molar-refractivity contribution in [2.45, 2.75) is 0 Å². The maximum atomic E-state index is 10.4. The maximum absolute atomic E-state index is 10.4. The summed E-state index contributed by atoms with van der Waals surface area (Å²) in [5.74, 6) is 0. The summed E-state index contributed by atoms with van der Waals surface area (Å²) in [4.78, 5) is 18.6. The average molecular weight is 227 g/mol. The molecule has 1 rings (SSSR count). The van der Waals surface area contributed by atoms with E-state index in [-0.39, 0.29) is 5.56 Å². The first-order chi connectivity index (χ1) is 7.40. The van der Waals surface area contributed by atoms with Gasteiger partial charge >= 0.3 is 0 Å². The molecule has 0 amide bonds. The van der Waals surface area contributed by atoms with Crippen LogP contribution in [0.25, 0.3) is 0 Å². The van der Waals surface area contributed by atoms with Crippen molar-refractivity contribution in [1.82, 2.24) is 0 Å². The second-order valence-corrected chi connectivity index (χ2v) is 2.73. The molecule has 0 unspecified atom stereocenters. The van der Waals surface area contributed by atoms with E-state index in [1.165, 1.54) is 0 Å². The van der Waals surface area contributed by atoms with Crippen molar-refractivity contribution in [3.8, 4) is 0 Å². The number of hydrogen-bond acceptors (Lipinski definition) is 6. The molecule has 0 saturated heterocycles. The third-order valence-corrected chi connectivity index (χ3v) is 1.61. The van der Waals surface area contributed by atoms with Gasteiger partial charge < -0.3 is 5.21 Å². The lowest BCUT2D eigenvalue weighted by Gasteiger charge is -1.95. The van der Waals surface area contributed by atoms with Gasteiger partial charge in [0.2, 0.25) is 6.21 Å². The number of non-ortho nitro benzene ring substituents is 2. The Balaban J connectivity index is 3.35. The molecule has 0 radical (unpaired) electrons. The molecule has 0 fully saturated rings. The third kappa shape index (κ3) is 2.64. The molecule has 16 heavy (non-hydrogen) atoms. The maximum Gasteiger partial charge on any atom is 0.277 e. The lowest BCUT2D eigenvalue weighted by atomic mass is 10.2. The number of nitro groups is 2. The normalized spacial score (nSPS) is 11.1. The second-order valence-electron chi connectivity index (χ2n) is 2.73. The van der Waals surface area contributed by atoms with E-state index in [9.17, 15) is 25.4 Å². The van der Waals surface area contributed by atoms with Gasteiger partial charge in [-0.3, -0.25) is 25.4 Å². The van der Waals surface area contributed by atoms with E-state index < -0.39 is 26.1 Å². The smallest absolute Gasteiger partial charge is 0.277 e. The fourth-order valence-corrected chi connectivity index (χ4v) is 1.03. The molecule has 9 heteroatoms. The van der Waals surface area contributed by atoms with Crippen LogP contribution in [0.1, 0.15) is 5.56 Å². The molecule has 0 aliphatic carbocycles. The molecule has 1 aromatic rings. The average Bonchev–Trinajstić information content (AvgIpc) is 2.15. The lowest BCUT2D eigenvalue weighted by Crippen LogP contribution is -2.01. The quantitative estimate of drug-likeness (QED) is 0.267. The molecule has 0 aromatic heterocycles. The number of rotatable bonds is 3. The van der Waals surface area contributed by atoms with Crippen LogP contribution >= 0.6 is 0 Å². The van der Waals surface area contributed by atoms with E-state index in [1.807, 2.05) is 0 Å². The highest BCUT2D eigenvalue weighted by Gasteiger charge is 2.16. The molecule has 0 aliphatic heterocycles. The molecule has 1 N–H and O–H groups in total. The Morgan fingerprint density at radius 2 is 1.44 bits per heavy atom. The molecule has 0 aliphatic rings. The van der Waals surface area contributed by atoms with Crippen LogP contribution in [-0.4, -0.2) is 26.2 Å². The Kier molecular flexibility index (Phi) is 2.99. The Morgan fingerprint density at radius 3 is 1.75 bits per heavy atom. The predicted molar refractivity (Wildman–Crippen MR) is 50.3 cm³/mol. The fourth-order valence-electron chi connectivity index (χ4n) is 1.03. The van der Waals surface area contributed by atoms with Gasteiger partial charge in [-0.2, -0.15) is 0 Å². The molecule has 84 valence electrons. The van der Waals surface area contributed by atoms with Gasteiger partial charge in [0, 0.05) is 17.0 Å². The van der Waals surface area contributed by atoms with E-state index in [0.29, 0.717) is 6.21 Å². The van der Waals surface area contributed by atoms with Gasteiger partial charge in [0.1, 0.15) is 0 Å². The summed E-state index contributed by atoms with van der Waals surface area (Å²) in [5, 5.41) is 39.5. The topological polar surface area (TPSA) is 133 Å². The van der Waals surface area contributed by atoms with Crippen LogP contribution in [0.4, 0.5) is 11.4 Å². The molecular formula is C7H5N3O6. The van der Waals surface area contributed by atoms with Crippen LogP contribution in [0.3, 0.4) is 0 Å². The van der Waals surface area contributed by atoms with Crippen LogP contribution in [0, 0.1) is 25.4 Å². The van der Waals surface area contributed by atoms with Crippen molar-refractivity contribution >= 4 is 17.6 Å². The van der Waals surface area contributed by atoms with Crippen LogP contribution in [0.2, 0.25) is 0 Å². The summed E-state index contributed by atoms with van der Waals surface area (Å²) in [6.07, 6.45) is 0.569. The standard InChI is InChI=1S/C7H5N3O6/c11-8(12)4-5-1-6(9(13)14)3-7(2-5)10(15)16/h1-4H,(H,11,12). The Bertz CT molecular complexity index is 447. The summed E-state index contributed by atoms with van der Waals surface area (Å²) in [7, 11) is 0. The fraction of sp³-hybridized carbons (Fsp3) is 0. The molecule has 0 bridgehead atoms. The number of nitro benzene ring substituents is 2. The number of nitrogens with zero attached hydrogens (tertiary/aromatic N) is 3. The van der Waals surface area contributed by atoms with Gasteiger partial charge in [-0.15, -0.1) is 0 Å². The Morgan fingerprint density at radius 1 is 1.00 bits per heavy atom. The molecule has 0 atom stereocenters. The number of benzene rings is 1. The molecule has 9 nitrogen and oxygen atoms in total. The van der Waals surface area contributed by atoms with Crippen molar-refractivity contribution < 1.29 is 20.0 Å². The van der Waals surface area contributed by atoms with E-state index in [2.05, 4.69) is 0 Å². The Labute approximate surface area is 87.7 Å². The van der Waals surface area contributed by atoms with Gasteiger partial charge in [-0.25, -0.2) is 0 Å². The largest absolute Gasteiger partial charge is 0.418 e. The minimum atomic E-state index is -0.836. The van der Waals surface area contributed by atoms with Gasteiger partial charge in [0.15, 0.2) is 0 Å². The highest BCUT2D eigenvalue weighted by atomic mass is 16.8. The second kappa shape index (κ2) is 4.21. The minimum Gasteiger partial charge on any atom is -0.418 e. The third-order valence-electron chi connectivity index (χ3n) is 1.61. The van der Waals surface area contributed by atoms with Crippen molar-refractivity contribution in [3.63, 3.8) is 0 Å². The summed E-state index contributed by atoms with van der Waals surface area (Å²) in [5.41, 5.74) is -1.22. The molecule has 0 spiro atoms. The summed E-state index contributed by atoms with van der Waals surface area (Å²) in [6.45, 7) is 0. The SMILES string of the molecule is O=[N+]([O-])c1cc(/C=[N+](/[O-])O)cc([N+](=O)[O-])c1. The van der Waals surface area contributed by atoms with Crippen LogP contribution in [0.15, 0.2) is 18.2 Å². The van der Waals surface area contributed by atoms with Crippen molar-refractivity contribution in [1.29, 1.82) is 0 Å². The molecular weight excluding hydrogens is 222 g/mol. The van der Waals surface area contributed by atoms with Gasteiger partial charge in [-0.05, 0) is 0 Å². The summed E-state index contributed by atoms with van der Waals surface area (Å²) >= 11 is 0. The first-order valence-corrected chi connectivity index (χ1v) is 3.84. The molecule has 0 saturated carbocycles. The molecule has 0 heterocycles. The van der Waals surface area contributed by atoms with E-state index in [0.717, 1.165) is 18.2 Å². The van der Waals surface area contributed by atoms with Crippen molar-refractivity contribution in [3.05, 3.63) is 49.2 Å².